The maximum Gasteiger partial charge on any atom is 0.0233 e. The Balaban J connectivity index is 1.52. The van der Waals surface area contributed by atoms with Gasteiger partial charge >= 0.3 is 0 Å². The van der Waals surface area contributed by atoms with Crippen molar-refractivity contribution in [2.24, 2.45) is 5.92 Å². The number of nitrogens with one attached hydrogen (secondary N) is 1. The molecule has 2 fully saturated rings. The summed E-state index contributed by atoms with van der Waals surface area (Å²) in [6.45, 7) is 4.92. The van der Waals surface area contributed by atoms with Crippen LogP contribution in [0, 0.1) is 5.92 Å². The Morgan fingerprint density at radius 3 is 2.78 bits per heavy atom. The van der Waals surface area contributed by atoms with E-state index in [1.807, 2.05) is 0 Å². The van der Waals surface area contributed by atoms with Gasteiger partial charge in [-0.3, -0.25) is 4.90 Å². The van der Waals surface area contributed by atoms with Gasteiger partial charge in [0.05, 0.1) is 0 Å². The van der Waals surface area contributed by atoms with E-state index in [2.05, 4.69) is 40.5 Å². The van der Waals surface area contributed by atoms with Crippen molar-refractivity contribution in [2.75, 3.05) is 19.6 Å². The number of likely N-dealkylation sites (tertiary alicyclic amines) is 1. The Labute approximate surface area is 110 Å². The topological polar surface area (TPSA) is 15.3 Å². The molecule has 0 aromatic heterocycles. The first-order valence-corrected chi connectivity index (χ1v) is 7.41. The smallest absolute Gasteiger partial charge is 0.0233 e. The van der Waals surface area contributed by atoms with E-state index in [0.29, 0.717) is 0 Å². The molecule has 2 saturated heterocycles. The van der Waals surface area contributed by atoms with Gasteiger partial charge in [0.15, 0.2) is 0 Å². The molecule has 2 atom stereocenters. The van der Waals surface area contributed by atoms with Crippen molar-refractivity contribution in [2.45, 2.75) is 38.3 Å². The number of hydrogen-bond donors (Lipinski definition) is 1. The highest BCUT2D eigenvalue weighted by Crippen LogP contribution is 2.25. The highest BCUT2D eigenvalue weighted by atomic mass is 15.2. The highest BCUT2D eigenvalue weighted by Gasteiger charge is 2.29. The van der Waals surface area contributed by atoms with Crippen molar-refractivity contribution in [1.29, 1.82) is 0 Å². The minimum Gasteiger partial charge on any atom is -0.314 e. The van der Waals surface area contributed by atoms with Gasteiger partial charge in [0.2, 0.25) is 0 Å². The quantitative estimate of drug-likeness (QED) is 0.879. The normalized spacial score (nSPS) is 29.6. The van der Waals surface area contributed by atoms with Crippen LogP contribution in [0.1, 0.15) is 31.2 Å². The molecular weight excluding hydrogens is 220 g/mol. The molecule has 0 radical (unpaired) electrons. The number of hydrogen-bond acceptors (Lipinski definition) is 2. The lowest BCUT2D eigenvalue weighted by atomic mass is 9.91. The van der Waals surface area contributed by atoms with Crippen LogP contribution in [0.15, 0.2) is 30.3 Å². The molecule has 0 amide bonds. The van der Waals surface area contributed by atoms with Crippen LogP contribution in [0.4, 0.5) is 0 Å². The first-order chi connectivity index (χ1) is 8.92. The average molecular weight is 244 g/mol. The largest absolute Gasteiger partial charge is 0.314 e. The average Bonchev–Trinajstić information content (AvgIpc) is 2.89. The fourth-order valence-electron chi connectivity index (χ4n) is 3.46. The van der Waals surface area contributed by atoms with E-state index in [0.717, 1.165) is 18.5 Å². The fraction of sp³-hybridized carbons (Fsp3) is 0.625. The summed E-state index contributed by atoms with van der Waals surface area (Å²) in [7, 11) is 0. The molecule has 2 unspecified atom stereocenters. The van der Waals surface area contributed by atoms with Gasteiger partial charge in [-0.05, 0) is 43.8 Å². The van der Waals surface area contributed by atoms with E-state index < -0.39 is 0 Å². The molecule has 2 heterocycles. The monoisotopic (exact) mass is 244 g/mol. The second-order valence-corrected chi connectivity index (χ2v) is 5.83. The molecule has 98 valence electrons. The Bertz CT molecular complexity index is 357. The van der Waals surface area contributed by atoms with Crippen LogP contribution in [0.3, 0.4) is 0 Å². The lowest BCUT2D eigenvalue weighted by molar-refractivity contribution is 0.267. The van der Waals surface area contributed by atoms with Crippen molar-refractivity contribution < 1.29 is 0 Å². The number of rotatable bonds is 3. The summed E-state index contributed by atoms with van der Waals surface area (Å²) in [4.78, 5) is 2.62. The third-order valence-corrected chi connectivity index (χ3v) is 4.48. The van der Waals surface area contributed by atoms with Crippen LogP contribution in [0.25, 0.3) is 0 Å². The summed E-state index contributed by atoms with van der Waals surface area (Å²) in [5.41, 5.74) is 1.45. The van der Waals surface area contributed by atoms with Crippen molar-refractivity contribution in [3.05, 3.63) is 35.9 Å². The summed E-state index contributed by atoms with van der Waals surface area (Å²) < 4.78 is 0. The molecule has 18 heavy (non-hydrogen) atoms. The van der Waals surface area contributed by atoms with Gasteiger partial charge in [0.25, 0.3) is 0 Å². The van der Waals surface area contributed by atoms with Gasteiger partial charge in [0, 0.05) is 19.1 Å². The summed E-state index contributed by atoms with van der Waals surface area (Å²) in [5.74, 6) is 0.883. The molecule has 1 aromatic rings. The van der Waals surface area contributed by atoms with Gasteiger partial charge in [-0.25, -0.2) is 0 Å². The Morgan fingerprint density at radius 1 is 1.11 bits per heavy atom. The first-order valence-electron chi connectivity index (χ1n) is 7.41. The second kappa shape index (κ2) is 5.85. The van der Waals surface area contributed by atoms with Crippen LogP contribution >= 0.6 is 0 Å². The molecule has 0 spiro atoms. The van der Waals surface area contributed by atoms with E-state index >= 15 is 0 Å². The maximum absolute atomic E-state index is 3.72. The summed E-state index contributed by atoms with van der Waals surface area (Å²) in [6, 6.07) is 11.7. The first kappa shape index (κ1) is 12.2. The lowest BCUT2D eigenvalue weighted by Crippen LogP contribution is -2.41. The highest BCUT2D eigenvalue weighted by molar-refractivity contribution is 5.14. The van der Waals surface area contributed by atoms with E-state index in [4.69, 9.17) is 0 Å². The molecule has 2 aliphatic rings. The van der Waals surface area contributed by atoms with Crippen molar-refractivity contribution in [3.8, 4) is 0 Å². The molecule has 0 bridgehead atoms. The van der Waals surface area contributed by atoms with E-state index in [1.54, 1.807) is 0 Å². The van der Waals surface area contributed by atoms with Crippen LogP contribution < -0.4 is 5.32 Å². The predicted molar refractivity (Wildman–Crippen MR) is 75.5 cm³/mol. The van der Waals surface area contributed by atoms with Crippen LogP contribution in [-0.4, -0.2) is 30.6 Å². The third-order valence-electron chi connectivity index (χ3n) is 4.48. The van der Waals surface area contributed by atoms with Crippen molar-refractivity contribution >= 4 is 0 Å². The molecular formula is C16H24N2. The third kappa shape index (κ3) is 2.93. The van der Waals surface area contributed by atoms with E-state index in [-0.39, 0.29) is 0 Å². The van der Waals surface area contributed by atoms with Crippen LogP contribution in [0.5, 0.6) is 0 Å². The molecule has 1 aromatic carbocycles. The molecule has 2 heteroatoms. The van der Waals surface area contributed by atoms with E-state index in [1.165, 1.54) is 50.9 Å². The molecule has 0 aliphatic carbocycles. The zero-order chi connectivity index (χ0) is 12.2. The molecule has 2 nitrogen and oxygen atoms in total. The molecule has 3 rings (SSSR count). The van der Waals surface area contributed by atoms with Gasteiger partial charge < -0.3 is 5.32 Å². The van der Waals surface area contributed by atoms with E-state index in [9.17, 15) is 0 Å². The molecule has 2 aliphatic heterocycles. The summed E-state index contributed by atoms with van der Waals surface area (Å²) in [6.07, 6.45) is 5.57. The van der Waals surface area contributed by atoms with Crippen molar-refractivity contribution in [3.63, 3.8) is 0 Å². The Morgan fingerprint density at radius 2 is 2.00 bits per heavy atom. The molecule has 1 N–H and O–H groups in total. The lowest BCUT2D eigenvalue weighted by Gasteiger charge is -2.29. The SMILES string of the molecule is c1ccc(CN2CCC(C3CCCCN3)C2)cc1. The zero-order valence-electron chi connectivity index (χ0n) is 11.1. The summed E-state index contributed by atoms with van der Waals surface area (Å²) >= 11 is 0. The number of piperidine rings is 1. The summed E-state index contributed by atoms with van der Waals surface area (Å²) in [5, 5.41) is 3.72. The number of nitrogens with zero attached hydrogens (tertiary/aromatic N) is 1. The van der Waals surface area contributed by atoms with Gasteiger partial charge in [-0.1, -0.05) is 36.8 Å². The second-order valence-electron chi connectivity index (χ2n) is 5.83. The van der Waals surface area contributed by atoms with Gasteiger partial charge in [0.1, 0.15) is 0 Å². The maximum atomic E-state index is 3.72. The predicted octanol–water partition coefficient (Wildman–Crippen LogP) is 2.65. The minimum absolute atomic E-state index is 0.791. The minimum atomic E-state index is 0.791. The Hall–Kier alpha value is -0.860. The van der Waals surface area contributed by atoms with Crippen LogP contribution in [0.2, 0.25) is 0 Å². The number of benzene rings is 1. The van der Waals surface area contributed by atoms with Crippen LogP contribution in [-0.2, 0) is 6.54 Å². The Kier molecular flexibility index (Phi) is 3.96. The zero-order valence-corrected chi connectivity index (χ0v) is 11.1. The standard InChI is InChI=1S/C16H24N2/c1-2-6-14(7-3-1)12-18-11-9-15(13-18)16-8-4-5-10-17-16/h1-3,6-7,15-17H,4-5,8-13H2. The van der Waals surface area contributed by atoms with Gasteiger partial charge in [-0.15, -0.1) is 0 Å². The molecule has 0 saturated carbocycles. The van der Waals surface area contributed by atoms with Crippen molar-refractivity contribution in [1.82, 2.24) is 10.2 Å². The fourth-order valence-corrected chi connectivity index (χ4v) is 3.46. The van der Waals surface area contributed by atoms with Gasteiger partial charge in [-0.2, -0.15) is 0 Å².